The molecule has 0 bridgehead atoms. The number of hydrogen-bond donors (Lipinski definition) is 2. The second-order valence-corrected chi connectivity index (χ2v) is 18.1. The van der Waals surface area contributed by atoms with E-state index in [0.717, 1.165) is 0 Å². The molecule has 1 aliphatic rings. The average Bonchev–Trinajstić information content (AvgIpc) is 3.73. The lowest BCUT2D eigenvalue weighted by atomic mass is 9.89. The first-order valence-electron chi connectivity index (χ1n) is 22.5. The third kappa shape index (κ3) is 13.7. The van der Waals surface area contributed by atoms with Crippen LogP contribution in [-0.2, 0) is 33.4 Å². The van der Waals surface area contributed by atoms with Crippen LogP contribution in [0.1, 0.15) is 120 Å². The Morgan fingerprint density at radius 2 is 1.40 bits per heavy atom. The molecule has 0 aromatic heterocycles. The van der Waals surface area contributed by atoms with Crippen LogP contribution in [0.4, 0.5) is 0 Å². The van der Waals surface area contributed by atoms with Crippen LogP contribution in [-0.4, -0.2) is 134 Å². The van der Waals surface area contributed by atoms with E-state index in [1.54, 1.807) is 62.1 Å². The summed E-state index contributed by atoms with van der Waals surface area (Å²) >= 11 is 0. The number of ether oxygens (including phenoxy) is 3. The first-order chi connectivity index (χ1) is 29.7. The molecule has 4 amide bonds. The van der Waals surface area contributed by atoms with Crippen molar-refractivity contribution in [3.8, 4) is 0 Å². The lowest BCUT2D eigenvalue weighted by Gasteiger charge is -2.41. The Bertz CT molecular complexity index is 1810. The summed E-state index contributed by atoms with van der Waals surface area (Å²) in [5.74, 6) is -2.62. The van der Waals surface area contributed by atoms with Gasteiger partial charge in [0, 0.05) is 33.4 Å². The van der Waals surface area contributed by atoms with Gasteiger partial charge in [-0.25, -0.2) is 4.79 Å². The molecule has 350 valence electrons. The third-order valence-corrected chi connectivity index (χ3v) is 12.7. The number of benzene rings is 2. The van der Waals surface area contributed by atoms with Crippen molar-refractivity contribution in [3.05, 3.63) is 71.3 Å². The molecular formula is C49H75N5O9. The quantitative estimate of drug-likeness (QED) is 0.101. The summed E-state index contributed by atoms with van der Waals surface area (Å²) in [5, 5.41) is 6.09. The van der Waals surface area contributed by atoms with Crippen molar-refractivity contribution < 1.29 is 43.0 Å². The topological polar surface area (TPSA) is 164 Å². The molecule has 2 N–H and O–H groups in total. The molecule has 14 heteroatoms. The Morgan fingerprint density at radius 1 is 0.794 bits per heavy atom. The minimum absolute atomic E-state index is 0.00989. The molecule has 0 spiro atoms. The Hall–Kier alpha value is -4.66. The summed E-state index contributed by atoms with van der Waals surface area (Å²) in [5.41, 5.74) is 1.43. The lowest BCUT2D eigenvalue weighted by molar-refractivity contribution is -0.148. The smallest absolute Gasteiger partial charge is 0.338 e. The fourth-order valence-electron chi connectivity index (χ4n) is 8.97. The van der Waals surface area contributed by atoms with E-state index in [4.69, 9.17) is 14.2 Å². The number of methoxy groups -OCH3 is 2. The number of nitrogens with zero attached hydrogens (tertiary/aromatic N) is 3. The molecule has 0 aliphatic carbocycles. The normalized spacial score (nSPS) is 18.4. The van der Waals surface area contributed by atoms with Crippen LogP contribution in [0.2, 0.25) is 0 Å². The standard InChI is InChI=1S/C49H75N5O9/c1-15-31(6)43(53(12)48(59)41(29(2)3)51-47(58)42(30(4)5)52(10)11)39(61-13)28-40(56)54-27-19-22-38(54)44(62-14)32(7)46(57)50-33(8)45(36-20-17-16-18-21-36)63-49(60)37-25-23-35(24-26-37)34(9)55/h16-18,20-21,23-26,29-33,38-39,41-45H,15,19,22,27-28H2,1-14H3,(H,50,57)(H,51,58)/t31?,32?,33?,38?,39?,41-,42?,43?,44?,45?/m0/s1. The Morgan fingerprint density at radius 3 is 1.90 bits per heavy atom. The highest BCUT2D eigenvalue weighted by Gasteiger charge is 2.43. The van der Waals surface area contributed by atoms with E-state index in [-0.39, 0.29) is 59.1 Å². The van der Waals surface area contributed by atoms with Gasteiger partial charge < -0.3 is 34.6 Å². The van der Waals surface area contributed by atoms with Gasteiger partial charge in [0.15, 0.2) is 5.78 Å². The van der Waals surface area contributed by atoms with Crippen LogP contribution in [0.15, 0.2) is 54.6 Å². The highest BCUT2D eigenvalue weighted by molar-refractivity contribution is 5.96. The monoisotopic (exact) mass is 878 g/mol. The molecule has 0 saturated carbocycles. The molecule has 2 aromatic carbocycles. The van der Waals surface area contributed by atoms with Crippen molar-refractivity contribution in [3.63, 3.8) is 0 Å². The van der Waals surface area contributed by atoms with Gasteiger partial charge in [-0.2, -0.15) is 0 Å². The first-order valence-corrected chi connectivity index (χ1v) is 22.5. The third-order valence-electron chi connectivity index (χ3n) is 12.7. The Kier molecular flexibility index (Phi) is 20.4. The number of carbonyl (C=O) groups excluding carboxylic acids is 6. The van der Waals surface area contributed by atoms with Crippen molar-refractivity contribution in [2.24, 2.45) is 23.7 Å². The van der Waals surface area contributed by atoms with Gasteiger partial charge in [-0.15, -0.1) is 0 Å². The molecule has 1 fully saturated rings. The SMILES string of the molecule is CCC(C)C(C(CC(=O)N1CCCC1C(OC)C(C)C(=O)NC(C)C(OC(=O)c1ccc(C(C)=O)cc1)c1ccccc1)OC)N(C)C(=O)[C@@H](NC(=O)C(C(C)C)N(C)C)C(C)C. The Balaban J connectivity index is 1.80. The first kappa shape index (κ1) is 52.7. The van der Waals surface area contributed by atoms with Gasteiger partial charge in [0.05, 0.1) is 54.3 Å². The van der Waals surface area contributed by atoms with Crippen LogP contribution in [0.5, 0.6) is 0 Å². The number of likely N-dealkylation sites (N-methyl/N-ethyl adjacent to an activating group) is 2. The van der Waals surface area contributed by atoms with Crippen molar-refractivity contribution in [1.82, 2.24) is 25.3 Å². The molecule has 9 unspecified atom stereocenters. The van der Waals surface area contributed by atoms with E-state index in [0.29, 0.717) is 36.9 Å². The van der Waals surface area contributed by atoms with E-state index < -0.39 is 60.4 Å². The summed E-state index contributed by atoms with van der Waals surface area (Å²) < 4.78 is 18.1. The summed E-state index contributed by atoms with van der Waals surface area (Å²) in [6.07, 6.45) is -0.131. The van der Waals surface area contributed by atoms with Crippen molar-refractivity contribution in [2.75, 3.05) is 41.9 Å². The van der Waals surface area contributed by atoms with E-state index in [2.05, 4.69) is 10.6 Å². The van der Waals surface area contributed by atoms with E-state index in [1.807, 2.05) is 90.9 Å². The van der Waals surface area contributed by atoms with Gasteiger partial charge in [-0.1, -0.05) is 97.4 Å². The fraction of sp³-hybridized carbons (Fsp3) is 0.633. The number of Topliss-reactive ketones (excluding diaryl/α,β-unsaturated/α-hetero) is 1. The van der Waals surface area contributed by atoms with Crippen molar-refractivity contribution >= 4 is 35.4 Å². The fourth-order valence-corrected chi connectivity index (χ4v) is 8.97. The predicted octanol–water partition coefficient (Wildman–Crippen LogP) is 5.94. The molecule has 1 aliphatic heterocycles. The average molecular weight is 878 g/mol. The minimum Gasteiger partial charge on any atom is -0.452 e. The van der Waals surface area contributed by atoms with Gasteiger partial charge in [-0.05, 0) is 76.2 Å². The van der Waals surface area contributed by atoms with Crippen LogP contribution in [0.25, 0.3) is 0 Å². The molecule has 0 radical (unpaired) electrons. The van der Waals surface area contributed by atoms with E-state index >= 15 is 0 Å². The van der Waals surface area contributed by atoms with Gasteiger partial charge in [0.25, 0.3) is 0 Å². The summed E-state index contributed by atoms with van der Waals surface area (Å²) in [7, 11) is 8.51. The highest BCUT2D eigenvalue weighted by Crippen LogP contribution is 2.31. The number of hydrogen-bond acceptors (Lipinski definition) is 10. The maximum absolute atomic E-state index is 14.4. The van der Waals surface area contributed by atoms with E-state index in [9.17, 15) is 28.8 Å². The molecule has 1 saturated heterocycles. The van der Waals surface area contributed by atoms with Crippen LogP contribution in [0, 0.1) is 23.7 Å². The zero-order valence-corrected chi connectivity index (χ0v) is 40.2. The van der Waals surface area contributed by atoms with Gasteiger partial charge in [0.2, 0.25) is 23.6 Å². The number of amides is 4. The summed E-state index contributed by atoms with van der Waals surface area (Å²) in [6, 6.07) is 12.6. The lowest BCUT2D eigenvalue weighted by Crippen LogP contribution is -2.59. The van der Waals surface area contributed by atoms with Crippen molar-refractivity contribution in [1.29, 1.82) is 0 Å². The number of rotatable bonds is 23. The van der Waals surface area contributed by atoms with Crippen LogP contribution < -0.4 is 10.6 Å². The number of ketones is 1. The van der Waals surface area contributed by atoms with Gasteiger partial charge >= 0.3 is 5.97 Å². The minimum atomic E-state index is -0.843. The zero-order chi connectivity index (χ0) is 47.3. The molecule has 1 heterocycles. The molecule has 2 aromatic rings. The second-order valence-electron chi connectivity index (χ2n) is 18.1. The zero-order valence-electron chi connectivity index (χ0n) is 40.2. The van der Waals surface area contributed by atoms with Crippen LogP contribution in [0.3, 0.4) is 0 Å². The largest absolute Gasteiger partial charge is 0.452 e. The number of esters is 1. The molecule has 63 heavy (non-hydrogen) atoms. The molecule has 14 nitrogen and oxygen atoms in total. The number of nitrogens with one attached hydrogen (secondary N) is 2. The molecule has 3 rings (SSSR count). The second kappa shape index (κ2) is 24.4. The van der Waals surface area contributed by atoms with Crippen LogP contribution >= 0.6 is 0 Å². The van der Waals surface area contributed by atoms with Crippen molar-refractivity contribution in [2.45, 2.75) is 137 Å². The Labute approximate surface area is 376 Å². The highest BCUT2D eigenvalue weighted by atomic mass is 16.5. The number of likely N-dealkylation sites (tertiary alicyclic amines) is 1. The summed E-state index contributed by atoms with van der Waals surface area (Å²) in [4.78, 5) is 86.7. The van der Waals surface area contributed by atoms with E-state index in [1.165, 1.54) is 14.0 Å². The predicted molar refractivity (Wildman–Crippen MR) is 244 cm³/mol. The maximum Gasteiger partial charge on any atom is 0.338 e. The molecule has 10 atom stereocenters. The van der Waals surface area contributed by atoms with Gasteiger partial charge in [0.1, 0.15) is 12.1 Å². The maximum atomic E-state index is 14.4. The van der Waals surface area contributed by atoms with Gasteiger partial charge in [-0.3, -0.25) is 28.9 Å². The summed E-state index contributed by atoms with van der Waals surface area (Å²) in [6.45, 7) is 17.3. The number of carbonyl (C=O) groups is 6. The molecular weight excluding hydrogens is 803 g/mol.